The van der Waals surface area contributed by atoms with Crippen LogP contribution in [-0.2, 0) is 4.74 Å². The van der Waals surface area contributed by atoms with Crippen molar-refractivity contribution >= 4 is 29.0 Å². The van der Waals surface area contributed by atoms with E-state index in [0.717, 1.165) is 24.7 Å². The number of carbonyl (C=O) groups excluding carboxylic acids is 1. The van der Waals surface area contributed by atoms with Crippen LogP contribution < -0.4 is 15.5 Å². The van der Waals surface area contributed by atoms with Gasteiger partial charge in [-0.2, -0.15) is 4.52 Å². The molecule has 2 fully saturated rings. The number of amides is 1. The summed E-state index contributed by atoms with van der Waals surface area (Å²) in [5.74, 6) is 1.92. The maximum absolute atomic E-state index is 12.6. The molecule has 0 radical (unpaired) electrons. The molecule has 0 atom stereocenters. The number of anilines is 3. The lowest BCUT2D eigenvalue weighted by atomic mass is 10.2. The van der Waals surface area contributed by atoms with Gasteiger partial charge in [-0.1, -0.05) is 0 Å². The normalized spacial score (nSPS) is 16.9. The molecule has 9 nitrogen and oxygen atoms in total. The lowest BCUT2D eigenvalue weighted by molar-refractivity contribution is 0.0209. The van der Waals surface area contributed by atoms with E-state index in [1.165, 1.54) is 12.8 Å². The number of fused-ring (bicyclic) bond motifs is 1. The predicted molar refractivity (Wildman–Crippen MR) is 105 cm³/mol. The number of rotatable bonds is 5. The molecular formula is C19H21N7O2. The van der Waals surface area contributed by atoms with E-state index < -0.39 is 0 Å². The molecular weight excluding hydrogens is 358 g/mol. The average Bonchev–Trinajstić information content (AvgIpc) is 3.35. The highest BCUT2D eigenvalue weighted by molar-refractivity contribution is 6.03. The third-order valence-corrected chi connectivity index (χ3v) is 5.04. The molecule has 2 N–H and O–H groups in total. The van der Waals surface area contributed by atoms with Crippen molar-refractivity contribution < 1.29 is 9.53 Å². The molecule has 0 aromatic carbocycles. The molecule has 9 heteroatoms. The Bertz CT molecular complexity index is 991. The fourth-order valence-corrected chi connectivity index (χ4v) is 3.39. The highest BCUT2D eigenvalue weighted by Gasteiger charge is 2.19. The number of ether oxygens (including phenoxy) is 1. The SMILES string of the molecule is O=C(Nc1cnc2ccc(N3CCCC3)nn12)c1ccc(NC2COC2)nc1. The third-order valence-electron chi connectivity index (χ3n) is 5.04. The van der Waals surface area contributed by atoms with E-state index in [4.69, 9.17) is 4.74 Å². The molecule has 5 heterocycles. The third kappa shape index (κ3) is 3.24. The number of carbonyl (C=O) groups is 1. The van der Waals surface area contributed by atoms with Crippen molar-refractivity contribution in [1.82, 2.24) is 19.6 Å². The van der Waals surface area contributed by atoms with Crippen LogP contribution in [0.15, 0.2) is 36.7 Å². The van der Waals surface area contributed by atoms with Crippen molar-refractivity contribution in [1.29, 1.82) is 0 Å². The molecule has 0 bridgehead atoms. The zero-order valence-corrected chi connectivity index (χ0v) is 15.3. The minimum absolute atomic E-state index is 0.249. The molecule has 144 valence electrons. The molecule has 0 saturated carbocycles. The second-order valence-electron chi connectivity index (χ2n) is 7.06. The van der Waals surface area contributed by atoms with Gasteiger partial charge in [0.25, 0.3) is 5.91 Å². The summed E-state index contributed by atoms with van der Waals surface area (Å²) in [6, 6.07) is 7.73. The molecule has 2 aliphatic rings. The molecule has 3 aromatic heterocycles. The number of aromatic nitrogens is 4. The summed E-state index contributed by atoms with van der Waals surface area (Å²) < 4.78 is 6.80. The summed E-state index contributed by atoms with van der Waals surface area (Å²) in [5, 5.41) is 10.8. The van der Waals surface area contributed by atoms with Crippen LogP contribution in [0.1, 0.15) is 23.2 Å². The minimum atomic E-state index is -0.249. The minimum Gasteiger partial charge on any atom is -0.377 e. The summed E-state index contributed by atoms with van der Waals surface area (Å²) in [5.41, 5.74) is 1.17. The van der Waals surface area contributed by atoms with E-state index in [1.807, 2.05) is 12.1 Å². The van der Waals surface area contributed by atoms with Gasteiger partial charge >= 0.3 is 0 Å². The van der Waals surface area contributed by atoms with Gasteiger partial charge in [-0.05, 0) is 37.1 Å². The van der Waals surface area contributed by atoms with Crippen LogP contribution >= 0.6 is 0 Å². The van der Waals surface area contributed by atoms with Crippen LogP contribution in [0.5, 0.6) is 0 Å². The summed E-state index contributed by atoms with van der Waals surface area (Å²) in [4.78, 5) is 23.5. The number of pyridine rings is 1. The van der Waals surface area contributed by atoms with Gasteiger partial charge < -0.3 is 20.3 Å². The molecule has 0 unspecified atom stereocenters. The van der Waals surface area contributed by atoms with Crippen molar-refractivity contribution in [2.24, 2.45) is 0 Å². The van der Waals surface area contributed by atoms with E-state index in [1.54, 1.807) is 29.0 Å². The van der Waals surface area contributed by atoms with E-state index in [9.17, 15) is 4.79 Å². The number of imidazole rings is 1. The van der Waals surface area contributed by atoms with Crippen LogP contribution in [0.4, 0.5) is 17.5 Å². The molecule has 2 aliphatic heterocycles. The van der Waals surface area contributed by atoms with Crippen LogP contribution in [0.2, 0.25) is 0 Å². The Kier molecular flexibility index (Phi) is 4.28. The van der Waals surface area contributed by atoms with Crippen molar-refractivity contribution in [3.8, 4) is 0 Å². The van der Waals surface area contributed by atoms with Gasteiger partial charge in [0.2, 0.25) is 0 Å². The second kappa shape index (κ2) is 7.08. The summed E-state index contributed by atoms with van der Waals surface area (Å²) >= 11 is 0. The van der Waals surface area contributed by atoms with Crippen molar-refractivity contribution in [3.05, 3.63) is 42.2 Å². The Morgan fingerprint density at radius 1 is 1.07 bits per heavy atom. The summed E-state index contributed by atoms with van der Waals surface area (Å²) in [6.07, 6.45) is 5.54. The molecule has 0 aliphatic carbocycles. The Balaban J connectivity index is 1.32. The van der Waals surface area contributed by atoms with Gasteiger partial charge in [0, 0.05) is 19.3 Å². The molecule has 3 aromatic rings. The van der Waals surface area contributed by atoms with Crippen LogP contribution in [0, 0.1) is 0 Å². The lowest BCUT2D eigenvalue weighted by Gasteiger charge is -2.27. The molecule has 5 rings (SSSR count). The summed E-state index contributed by atoms with van der Waals surface area (Å²) in [7, 11) is 0. The highest BCUT2D eigenvalue weighted by atomic mass is 16.5. The monoisotopic (exact) mass is 379 g/mol. The standard InChI is InChI=1S/C19H21N7O2/c27-19(13-3-4-15(20-9-13)22-14-11-28-12-14)23-18-10-21-16-5-6-17(24-26(16)18)25-7-1-2-8-25/h3-6,9-10,14H,1-2,7-8,11-12H2,(H,20,22)(H,23,27). The van der Waals surface area contributed by atoms with Crippen LogP contribution in [0.25, 0.3) is 5.65 Å². The van der Waals surface area contributed by atoms with Gasteiger partial charge in [-0.25, -0.2) is 9.97 Å². The van der Waals surface area contributed by atoms with Crippen LogP contribution in [-0.4, -0.2) is 57.8 Å². The maximum Gasteiger partial charge on any atom is 0.258 e. The zero-order valence-electron chi connectivity index (χ0n) is 15.3. The first-order valence-electron chi connectivity index (χ1n) is 9.48. The van der Waals surface area contributed by atoms with Crippen LogP contribution in [0.3, 0.4) is 0 Å². The number of hydrogen-bond acceptors (Lipinski definition) is 7. The largest absolute Gasteiger partial charge is 0.377 e. The molecule has 1 amide bonds. The van der Waals surface area contributed by atoms with Gasteiger partial charge in [-0.15, -0.1) is 5.10 Å². The Hall–Kier alpha value is -3.20. The van der Waals surface area contributed by atoms with E-state index in [0.29, 0.717) is 36.3 Å². The molecule has 2 saturated heterocycles. The number of nitrogens with zero attached hydrogens (tertiary/aromatic N) is 5. The Labute approximate surface area is 161 Å². The van der Waals surface area contributed by atoms with Crippen molar-refractivity contribution in [3.63, 3.8) is 0 Å². The Morgan fingerprint density at radius 2 is 1.93 bits per heavy atom. The van der Waals surface area contributed by atoms with Gasteiger partial charge in [-0.3, -0.25) is 4.79 Å². The van der Waals surface area contributed by atoms with E-state index in [-0.39, 0.29) is 5.91 Å². The average molecular weight is 379 g/mol. The highest BCUT2D eigenvalue weighted by Crippen LogP contribution is 2.20. The van der Waals surface area contributed by atoms with Gasteiger partial charge in [0.05, 0.1) is 31.0 Å². The molecule has 28 heavy (non-hydrogen) atoms. The first-order valence-corrected chi connectivity index (χ1v) is 9.48. The number of nitrogens with one attached hydrogen (secondary N) is 2. The van der Waals surface area contributed by atoms with Crippen molar-refractivity contribution in [2.75, 3.05) is 41.8 Å². The fourth-order valence-electron chi connectivity index (χ4n) is 3.39. The summed E-state index contributed by atoms with van der Waals surface area (Å²) in [6.45, 7) is 3.39. The van der Waals surface area contributed by atoms with Gasteiger partial charge in [0.1, 0.15) is 11.6 Å². The molecule has 0 spiro atoms. The first-order chi connectivity index (χ1) is 13.8. The number of hydrogen-bond donors (Lipinski definition) is 2. The van der Waals surface area contributed by atoms with E-state index in [2.05, 4.69) is 30.6 Å². The second-order valence-corrected chi connectivity index (χ2v) is 7.06. The smallest absolute Gasteiger partial charge is 0.258 e. The zero-order chi connectivity index (χ0) is 18.9. The fraction of sp³-hybridized carbons (Fsp3) is 0.368. The van der Waals surface area contributed by atoms with Crippen molar-refractivity contribution in [2.45, 2.75) is 18.9 Å². The first kappa shape index (κ1) is 16.9. The quantitative estimate of drug-likeness (QED) is 0.697. The predicted octanol–water partition coefficient (Wildman–Crippen LogP) is 1.79. The van der Waals surface area contributed by atoms with Gasteiger partial charge in [0.15, 0.2) is 11.5 Å². The maximum atomic E-state index is 12.6. The lowest BCUT2D eigenvalue weighted by Crippen LogP contribution is -2.40. The topological polar surface area (TPSA) is 96.7 Å². The Morgan fingerprint density at radius 3 is 2.64 bits per heavy atom. The van der Waals surface area contributed by atoms with E-state index >= 15 is 0 Å².